The zero-order valence-corrected chi connectivity index (χ0v) is 12.6. The van der Waals surface area contributed by atoms with Crippen molar-refractivity contribution in [1.29, 1.82) is 0 Å². The Labute approximate surface area is 111 Å². The summed E-state index contributed by atoms with van der Waals surface area (Å²) in [5.74, 6) is 1.25. The molecule has 1 rings (SSSR count). The fourth-order valence-corrected chi connectivity index (χ4v) is 1.78. The van der Waals surface area contributed by atoms with Crippen molar-refractivity contribution in [2.24, 2.45) is 18.9 Å². The van der Waals surface area contributed by atoms with Gasteiger partial charge >= 0.3 is 0 Å². The minimum Gasteiger partial charge on any atom is -0.313 e. The predicted molar refractivity (Wildman–Crippen MR) is 78.5 cm³/mol. The minimum atomic E-state index is 0.560. The molecule has 0 aliphatic carbocycles. The van der Waals surface area contributed by atoms with Gasteiger partial charge in [-0.2, -0.15) is 5.10 Å². The fourth-order valence-electron chi connectivity index (χ4n) is 1.78. The Kier molecular flexibility index (Phi) is 5.60. The molecule has 3 heteroatoms. The summed E-state index contributed by atoms with van der Waals surface area (Å²) in [6.07, 6.45) is 4.22. The molecule has 102 valence electrons. The van der Waals surface area contributed by atoms with E-state index in [1.165, 1.54) is 16.8 Å². The van der Waals surface area contributed by atoms with Crippen molar-refractivity contribution in [2.45, 2.75) is 34.6 Å². The van der Waals surface area contributed by atoms with Crippen LogP contribution in [0.15, 0.2) is 11.8 Å². The van der Waals surface area contributed by atoms with Gasteiger partial charge in [0.2, 0.25) is 0 Å². The molecule has 0 saturated carbocycles. The van der Waals surface area contributed by atoms with Crippen molar-refractivity contribution in [3.05, 3.63) is 23.0 Å². The van der Waals surface area contributed by atoms with Gasteiger partial charge in [-0.1, -0.05) is 39.3 Å². The van der Waals surface area contributed by atoms with Crippen molar-refractivity contribution in [2.75, 3.05) is 13.1 Å². The van der Waals surface area contributed by atoms with Crippen LogP contribution in [0.5, 0.6) is 0 Å². The average molecular weight is 249 g/mol. The summed E-state index contributed by atoms with van der Waals surface area (Å²) >= 11 is 0. The minimum absolute atomic E-state index is 0.560. The van der Waals surface area contributed by atoms with E-state index in [0.717, 1.165) is 13.1 Å². The summed E-state index contributed by atoms with van der Waals surface area (Å²) < 4.78 is 1.92. The molecule has 1 aromatic rings. The molecule has 0 aliphatic heterocycles. The van der Waals surface area contributed by atoms with Gasteiger partial charge in [-0.3, -0.25) is 4.68 Å². The Morgan fingerprint density at radius 1 is 1.39 bits per heavy atom. The van der Waals surface area contributed by atoms with Crippen LogP contribution >= 0.6 is 0 Å². The first kappa shape index (κ1) is 15.0. The zero-order chi connectivity index (χ0) is 13.7. The lowest BCUT2D eigenvalue weighted by Crippen LogP contribution is -2.23. The van der Waals surface area contributed by atoms with E-state index in [0.29, 0.717) is 11.8 Å². The van der Waals surface area contributed by atoms with Gasteiger partial charge in [0.1, 0.15) is 0 Å². The molecule has 0 radical (unpaired) electrons. The van der Waals surface area contributed by atoms with Crippen LogP contribution in [-0.2, 0) is 7.05 Å². The number of aryl methyl sites for hydroxylation is 1. The van der Waals surface area contributed by atoms with Crippen LogP contribution in [-0.4, -0.2) is 22.9 Å². The maximum atomic E-state index is 4.29. The first-order valence-corrected chi connectivity index (χ1v) is 6.81. The number of nitrogens with zero attached hydrogens (tertiary/aromatic N) is 2. The van der Waals surface area contributed by atoms with Crippen LogP contribution in [0, 0.1) is 18.8 Å². The summed E-state index contributed by atoms with van der Waals surface area (Å²) in [7, 11) is 1.98. The maximum absolute atomic E-state index is 4.29. The molecule has 1 heterocycles. The molecule has 3 nitrogen and oxygen atoms in total. The number of rotatable bonds is 6. The molecule has 0 aromatic carbocycles. The highest BCUT2D eigenvalue weighted by Crippen LogP contribution is 2.16. The topological polar surface area (TPSA) is 29.9 Å². The van der Waals surface area contributed by atoms with Gasteiger partial charge in [-0.15, -0.1) is 0 Å². The van der Waals surface area contributed by atoms with Crippen molar-refractivity contribution in [3.63, 3.8) is 0 Å². The summed E-state index contributed by atoms with van der Waals surface area (Å²) in [4.78, 5) is 0. The van der Waals surface area contributed by atoms with Crippen LogP contribution in [0.4, 0.5) is 0 Å². The van der Waals surface area contributed by atoms with E-state index < -0.39 is 0 Å². The predicted octanol–water partition coefficient (Wildman–Crippen LogP) is 3.01. The lowest BCUT2D eigenvalue weighted by atomic mass is 10.0. The smallest absolute Gasteiger partial charge is 0.0564 e. The van der Waals surface area contributed by atoms with Gasteiger partial charge < -0.3 is 5.32 Å². The van der Waals surface area contributed by atoms with Gasteiger partial charge in [-0.25, -0.2) is 0 Å². The summed E-state index contributed by atoms with van der Waals surface area (Å²) in [6, 6.07) is 0. The van der Waals surface area contributed by atoms with E-state index in [2.05, 4.69) is 51.1 Å². The summed E-state index contributed by atoms with van der Waals surface area (Å²) in [5, 5.41) is 7.81. The van der Waals surface area contributed by atoms with E-state index in [9.17, 15) is 0 Å². The van der Waals surface area contributed by atoms with E-state index >= 15 is 0 Å². The van der Waals surface area contributed by atoms with E-state index in [4.69, 9.17) is 0 Å². The molecule has 18 heavy (non-hydrogen) atoms. The Morgan fingerprint density at radius 2 is 2.06 bits per heavy atom. The number of hydrogen-bond donors (Lipinski definition) is 1. The molecule has 0 atom stereocenters. The maximum Gasteiger partial charge on any atom is 0.0564 e. The third-order valence-electron chi connectivity index (χ3n) is 3.24. The molecule has 0 saturated heterocycles. The average Bonchev–Trinajstić information content (AvgIpc) is 2.58. The van der Waals surface area contributed by atoms with Gasteiger partial charge in [-0.05, 0) is 25.3 Å². The zero-order valence-electron chi connectivity index (χ0n) is 12.6. The standard InChI is InChI=1S/C15H27N3/c1-11(2)8-16-9-14(12(3)4)7-15-10-17-18(6)13(15)5/h7,10-12,16H,8-9H2,1-6H3. The third kappa shape index (κ3) is 4.30. The monoisotopic (exact) mass is 249 g/mol. The molecule has 0 amide bonds. The number of hydrogen-bond acceptors (Lipinski definition) is 2. The van der Waals surface area contributed by atoms with Crippen molar-refractivity contribution in [3.8, 4) is 0 Å². The molecule has 1 N–H and O–H groups in total. The van der Waals surface area contributed by atoms with Crippen molar-refractivity contribution < 1.29 is 0 Å². The second-order valence-electron chi connectivity index (χ2n) is 5.71. The number of aromatic nitrogens is 2. The van der Waals surface area contributed by atoms with Gasteiger partial charge in [0, 0.05) is 24.8 Å². The van der Waals surface area contributed by atoms with Crippen molar-refractivity contribution in [1.82, 2.24) is 15.1 Å². The molecule has 0 spiro atoms. The second-order valence-corrected chi connectivity index (χ2v) is 5.71. The Balaban J connectivity index is 2.75. The van der Waals surface area contributed by atoms with Crippen LogP contribution in [0.2, 0.25) is 0 Å². The van der Waals surface area contributed by atoms with E-state index in [1.54, 1.807) is 0 Å². The highest BCUT2D eigenvalue weighted by atomic mass is 15.3. The lowest BCUT2D eigenvalue weighted by Gasteiger charge is -2.14. The highest BCUT2D eigenvalue weighted by Gasteiger charge is 2.07. The SMILES string of the molecule is Cc1c(C=C(CNCC(C)C)C(C)C)cnn1C. The Morgan fingerprint density at radius 3 is 2.50 bits per heavy atom. The van der Waals surface area contributed by atoms with Crippen LogP contribution in [0.3, 0.4) is 0 Å². The van der Waals surface area contributed by atoms with Crippen molar-refractivity contribution >= 4 is 6.08 Å². The lowest BCUT2D eigenvalue weighted by molar-refractivity contribution is 0.558. The number of nitrogens with one attached hydrogen (secondary N) is 1. The Hall–Kier alpha value is -1.09. The summed E-state index contributed by atoms with van der Waals surface area (Å²) in [5.41, 5.74) is 3.89. The molecule has 1 aromatic heterocycles. The fraction of sp³-hybridized carbons (Fsp3) is 0.667. The first-order chi connectivity index (χ1) is 8.41. The van der Waals surface area contributed by atoms with Gasteiger partial charge in [0.05, 0.1) is 6.20 Å². The second kappa shape index (κ2) is 6.74. The summed E-state index contributed by atoms with van der Waals surface area (Å²) in [6.45, 7) is 13.1. The van der Waals surface area contributed by atoms with Gasteiger partial charge in [0.25, 0.3) is 0 Å². The first-order valence-electron chi connectivity index (χ1n) is 6.81. The quantitative estimate of drug-likeness (QED) is 0.840. The molecule has 0 fully saturated rings. The molecule has 0 bridgehead atoms. The molecule has 0 aliphatic rings. The van der Waals surface area contributed by atoms with Crippen LogP contribution in [0.1, 0.15) is 39.0 Å². The normalized spacial score (nSPS) is 12.8. The van der Waals surface area contributed by atoms with Crippen LogP contribution < -0.4 is 5.32 Å². The molecular weight excluding hydrogens is 222 g/mol. The van der Waals surface area contributed by atoms with E-state index in [-0.39, 0.29) is 0 Å². The van der Waals surface area contributed by atoms with E-state index in [1.807, 2.05) is 17.9 Å². The Bertz CT molecular complexity index is 400. The van der Waals surface area contributed by atoms with Crippen LogP contribution in [0.25, 0.3) is 6.08 Å². The molecule has 0 unspecified atom stereocenters. The molecular formula is C15H27N3. The highest BCUT2D eigenvalue weighted by molar-refractivity contribution is 5.55. The largest absolute Gasteiger partial charge is 0.313 e. The third-order valence-corrected chi connectivity index (χ3v) is 3.24. The van der Waals surface area contributed by atoms with Gasteiger partial charge in [0.15, 0.2) is 0 Å².